The molecule has 2 aliphatic rings. The lowest BCUT2D eigenvalue weighted by Crippen LogP contribution is -2.67. The van der Waals surface area contributed by atoms with Gasteiger partial charge in [-0.2, -0.15) is 0 Å². The Morgan fingerprint density at radius 2 is 1.64 bits per heavy atom. The van der Waals surface area contributed by atoms with Crippen LogP contribution in [0.15, 0.2) is 48.5 Å². The third kappa shape index (κ3) is 3.90. The van der Waals surface area contributed by atoms with Gasteiger partial charge in [0.15, 0.2) is 0 Å². The van der Waals surface area contributed by atoms with Crippen LogP contribution in [0, 0.1) is 0 Å². The fourth-order valence-corrected chi connectivity index (χ4v) is 5.60. The molecular weight excluding hydrogens is 438 g/mol. The number of likely N-dealkylation sites (tertiary alicyclic amines) is 1. The average molecular weight is 468 g/mol. The summed E-state index contributed by atoms with van der Waals surface area (Å²) >= 11 is 5.97. The minimum Gasteiger partial charge on any atom is -0.348 e. The van der Waals surface area contributed by atoms with E-state index in [1.807, 2.05) is 47.9 Å². The van der Waals surface area contributed by atoms with Crippen molar-refractivity contribution in [2.24, 2.45) is 0 Å². The predicted molar refractivity (Wildman–Crippen MR) is 129 cm³/mol. The van der Waals surface area contributed by atoms with Crippen LogP contribution in [0.5, 0.6) is 0 Å². The second-order valence-corrected chi connectivity index (χ2v) is 9.86. The molecule has 0 saturated carbocycles. The third-order valence-electron chi connectivity index (χ3n) is 6.95. The van der Waals surface area contributed by atoms with Crippen LogP contribution in [-0.4, -0.2) is 71.2 Å². The number of halogens is 1. The summed E-state index contributed by atoms with van der Waals surface area (Å²) in [4.78, 5) is 45.7. The topological polar surface area (TPSA) is 60.9 Å². The van der Waals surface area contributed by atoms with E-state index in [0.717, 1.165) is 5.56 Å². The van der Waals surface area contributed by atoms with Crippen molar-refractivity contribution in [1.82, 2.24) is 14.7 Å². The standard InChI is InChI=1S/C26H30ClN3O3/c1-17(2)30-24(32)21-8-6-5-7-20(21)22(25(33)28(3)4)26(30)13-15-29(16-14-26)23(31)18-9-11-19(27)12-10-18/h5-12,17,22H,13-16H2,1-4H3. The van der Waals surface area contributed by atoms with Gasteiger partial charge >= 0.3 is 0 Å². The Hall–Kier alpha value is -2.86. The summed E-state index contributed by atoms with van der Waals surface area (Å²) in [5.41, 5.74) is 1.28. The van der Waals surface area contributed by atoms with Gasteiger partial charge in [-0.3, -0.25) is 14.4 Å². The number of nitrogens with zero attached hydrogens (tertiary/aromatic N) is 3. The van der Waals surface area contributed by atoms with Gasteiger partial charge in [-0.15, -0.1) is 0 Å². The van der Waals surface area contributed by atoms with Crippen molar-refractivity contribution in [3.63, 3.8) is 0 Å². The zero-order valence-electron chi connectivity index (χ0n) is 19.5. The van der Waals surface area contributed by atoms with Crippen molar-refractivity contribution in [2.75, 3.05) is 27.2 Å². The van der Waals surface area contributed by atoms with Gasteiger partial charge in [-0.25, -0.2) is 0 Å². The molecule has 1 atom stereocenters. The molecule has 7 heteroatoms. The molecule has 1 unspecified atom stereocenters. The highest BCUT2D eigenvalue weighted by Gasteiger charge is 2.56. The molecular formula is C26H30ClN3O3. The predicted octanol–water partition coefficient (Wildman–Crippen LogP) is 4.05. The van der Waals surface area contributed by atoms with Crippen LogP contribution in [0.3, 0.4) is 0 Å². The minimum absolute atomic E-state index is 0.0157. The molecule has 0 aliphatic carbocycles. The first-order valence-corrected chi connectivity index (χ1v) is 11.7. The fraction of sp³-hybridized carbons (Fsp3) is 0.423. The molecule has 4 rings (SSSR count). The normalized spacial score (nSPS) is 19.6. The number of amides is 3. The van der Waals surface area contributed by atoms with Gasteiger partial charge in [0, 0.05) is 49.4 Å². The zero-order chi connectivity index (χ0) is 23.9. The molecule has 1 spiro atoms. The lowest BCUT2D eigenvalue weighted by molar-refractivity contribution is -0.136. The highest BCUT2D eigenvalue weighted by molar-refractivity contribution is 6.30. The van der Waals surface area contributed by atoms with E-state index in [-0.39, 0.29) is 23.8 Å². The van der Waals surface area contributed by atoms with Crippen molar-refractivity contribution < 1.29 is 14.4 Å². The first kappa shape index (κ1) is 23.3. The monoisotopic (exact) mass is 467 g/mol. The van der Waals surface area contributed by atoms with Crippen molar-refractivity contribution in [2.45, 2.75) is 44.2 Å². The summed E-state index contributed by atoms with van der Waals surface area (Å²) in [6.45, 7) is 4.93. The summed E-state index contributed by atoms with van der Waals surface area (Å²) < 4.78 is 0. The molecule has 33 heavy (non-hydrogen) atoms. The maximum atomic E-state index is 13.6. The molecule has 0 aromatic heterocycles. The maximum Gasteiger partial charge on any atom is 0.254 e. The lowest BCUT2D eigenvalue weighted by atomic mass is 9.66. The zero-order valence-corrected chi connectivity index (χ0v) is 20.3. The lowest BCUT2D eigenvalue weighted by Gasteiger charge is -2.56. The van der Waals surface area contributed by atoms with E-state index in [0.29, 0.717) is 42.1 Å². The molecule has 174 valence electrons. The smallest absolute Gasteiger partial charge is 0.254 e. The number of carbonyl (C=O) groups excluding carboxylic acids is 3. The summed E-state index contributed by atoms with van der Waals surface area (Å²) in [5.74, 6) is -0.591. The third-order valence-corrected chi connectivity index (χ3v) is 7.20. The van der Waals surface area contributed by atoms with Crippen molar-refractivity contribution >= 4 is 29.3 Å². The molecule has 2 aromatic carbocycles. The number of rotatable bonds is 3. The van der Waals surface area contributed by atoms with Gasteiger partial charge in [0.1, 0.15) is 0 Å². The van der Waals surface area contributed by atoms with Crippen LogP contribution in [0.1, 0.15) is 58.9 Å². The van der Waals surface area contributed by atoms with E-state index in [1.165, 1.54) is 0 Å². The number of fused-ring (bicyclic) bond motifs is 1. The fourth-order valence-electron chi connectivity index (χ4n) is 5.48. The largest absolute Gasteiger partial charge is 0.348 e. The van der Waals surface area contributed by atoms with E-state index in [1.54, 1.807) is 43.3 Å². The number of piperidine rings is 1. The van der Waals surface area contributed by atoms with Crippen molar-refractivity contribution in [3.8, 4) is 0 Å². The molecule has 6 nitrogen and oxygen atoms in total. The van der Waals surface area contributed by atoms with Gasteiger partial charge in [0.05, 0.1) is 11.5 Å². The average Bonchev–Trinajstić information content (AvgIpc) is 2.79. The number of likely N-dealkylation sites (N-methyl/N-ethyl adjacent to an activating group) is 1. The van der Waals surface area contributed by atoms with Crippen LogP contribution in [0.25, 0.3) is 0 Å². The van der Waals surface area contributed by atoms with E-state index >= 15 is 0 Å². The molecule has 2 heterocycles. The molecule has 2 aromatic rings. The molecule has 2 aliphatic heterocycles. The number of hydrogen-bond donors (Lipinski definition) is 0. The maximum absolute atomic E-state index is 13.6. The van der Waals surface area contributed by atoms with Gasteiger partial charge in [0.2, 0.25) is 5.91 Å². The Bertz CT molecular complexity index is 1070. The first-order valence-electron chi connectivity index (χ1n) is 11.4. The van der Waals surface area contributed by atoms with Crippen LogP contribution in [-0.2, 0) is 4.79 Å². The second-order valence-electron chi connectivity index (χ2n) is 9.42. The second kappa shape index (κ2) is 8.82. The molecule has 0 radical (unpaired) electrons. The summed E-state index contributed by atoms with van der Waals surface area (Å²) in [6, 6.07) is 14.3. The quantitative estimate of drug-likeness (QED) is 0.684. The summed E-state index contributed by atoms with van der Waals surface area (Å²) in [5, 5.41) is 0.584. The molecule has 0 bridgehead atoms. The molecule has 3 amide bonds. The van der Waals surface area contributed by atoms with Crippen molar-refractivity contribution in [3.05, 3.63) is 70.2 Å². The van der Waals surface area contributed by atoms with Crippen LogP contribution < -0.4 is 0 Å². The Morgan fingerprint density at radius 1 is 1.03 bits per heavy atom. The Balaban J connectivity index is 1.73. The number of benzene rings is 2. The minimum atomic E-state index is -0.683. The van der Waals surface area contributed by atoms with Crippen LogP contribution in [0.2, 0.25) is 5.02 Å². The van der Waals surface area contributed by atoms with E-state index in [4.69, 9.17) is 11.6 Å². The Kier molecular flexibility index (Phi) is 6.23. The van der Waals surface area contributed by atoms with Gasteiger partial charge in [0.25, 0.3) is 11.8 Å². The Labute approximate surface area is 200 Å². The first-order chi connectivity index (χ1) is 15.7. The highest BCUT2D eigenvalue weighted by Crippen LogP contribution is 2.48. The SMILES string of the molecule is CC(C)N1C(=O)c2ccccc2C(C(=O)N(C)C)C12CCN(C(=O)c1ccc(Cl)cc1)CC2. The van der Waals surface area contributed by atoms with Gasteiger partial charge in [-0.05, 0) is 62.6 Å². The molecule has 1 saturated heterocycles. The van der Waals surface area contributed by atoms with Gasteiger partial charge in [-0.1, -0.05) is 29.8 Å². The number of carbonyl (C=O) groups is 3. The molecule has 1 fully saturated rings. The van der Waals surface area contributed by atoms with Crippen LogP contribution >= 0.6 is 11.6 Å². The van der Waals surface area contributed by atoms with E-state index in [9.17, 15) is 14.4 Å². The van der Waals surface area contributed by atoms with Crippen LogP contribution in [0.4, 0.5) is 0 Å². The van der Waals surface area contributed by atoms with Crippen molar-refractivity contribution in [1.29, 1.82) is 0 Å². The molecule has 0 N–H and O–H groups in total. The summed E-state index contributed by atoms with van der Waals surface area (Å²) in [7, 11) is 3.52. The van der Waals surface area contributed by atoms with E-state index in [2.05, 4.69) is 0 Å². The van der Waals surface area contributed by atoms with Gasteiger partial charge < -0.3 is 14.7 Å². The summed E-state index contributed by atoms with van der Waals surface area (Å²) in [6.07, 6.45) is 1.07. The Morgan fingerprint density at radius 3 is 2.21 bits per heavy atom. The number of hydrogen-bond acceptors (Lipinski definition) is 3. The van der Waals surface area contributed by atoms with E-state index < -0.39 is 11.5 Å². The highest BCUT2D eigenvalue weighted by atomic mass is 35.5.